The van der Waals surface area contributed by atoms with Crippen LogP contribution in [0.1, 0.15) is 26.2 Å². The lowest BCUT2D eigenvalue weighted by molar-refractivity contribution is -0.116. The van der Waals surface area contributed by atoms with Crippen molar-refractivity contribution in [3.8, 4) is 17.2 Å². The predicted molar refractivity (Wildman–Crippen MR) is 96.7 cm³/mol. The van der Waals surface area contributed by atoms with Gasteiger partial charge in [-0.3, -0.25) is 9.78 Å². The molecule has 0 saturated heterocycles. The Kier molecular flexibility index (Phi) is 5.58. The Hall–Kier alpha value is -3.22. The van der Waals surface area contributed by atoms with Gasteiger partial charge in [0.15, 0.2) is 0 Å². The lowest BCUT2D eigenvalue weighted by atomic mass is 10.2. The van der Waals surface area contributed by atoms with Crippen LogP contribution in [0.2, 0.25) is 0 Å². The van der Waals surface area contributed by atoms with E-state index in [2.05, 4.69) is 20.5 Å². The van der Waals surface area contributed by atoms with E-state index in [1.165, 1.54) is 0 Å². The van der Waals surface area contributed by atoms with Crippen molar-refractivity contribution >= 4 is 11.6 Å². The van der Waals surface area contributed by atoms with Crippen LogP contribution in [-0.4, -0.2) is 27.2 Å². The number of rotatable bonds is 7. The van der Waals surface area contributed by atoms with Gasteiger partial charge in [-0.15, -0.1) is 10.2 Å². The zero-order chi connectivity index (χ0) is 18.4. The highest BCUT2D eigenvalue weighted by atomic mass is 16.5. The van der Waals surface area contributed by atoms with E-state index in [9.17, 15) is 4.79 Å². The van der Waals surface area contributed by atoms with Crippen molar-refractivity contribution in [1.29, 1.82) is 0 Å². The largest absolute Gasteiger partial charge is 0.491 e. The summed E-state index contributed by atoms with van der Waals surface area (Å²) in [6, 6.07) is 10.9. The standard InChI is InChI=1S/C19H20N4O3/c1-13(2)25-16-7-5-15(6-8-16)21-17(24)9-10-18-22-23-19(26-18)14-4-3-11-20-12-14/h3-8,11-13H,9-10H2,1-2H3,(H,21,24). The van der Waals surface area contributed by atoms with Gasteiger partial charge in [0.1, 0.15) is 5.75 Å². The third kappa shape index (κ3) is 4.89. The van der Waals surface area contributed by atoms with Crippen LogP contribution in [0.15, 0.2) is 53.2 Å². The molecule has 0 unspecified atom stereocenters. The van der Waals surface area contributed by atoms with Gasteiger partial charge in [0.25, 0.3) is 0 Å². The average molecular weight is 352 g/mol. The van der Waals surface area contributed by atoms with Crippen LogP contribution < -0.4 is 10.1 Å². The molecule has 0 bridgehead atoms. The Balaban J connectivity index is 1.50. The fourth-order valence-electron chi connectivity index (χ4n) is 2.29. The van der Waals surface area contributed by atoms with Crippen molar-refractivity contribution in [2.75, 3.05) is 5.32 Å². The molecule has 0 aliphatic rings. The molecule has 2 heterocycles. The Morgan fingerprint density at radius 3 is 2.69 bits per heavy atom. The van der Waals surface area contributed by atoms with Crippen LogP contribution in [0.5, 0.6) is 5.75 Å². The number of nitrogens with zero attached hydrogens (tertiary/aromatic N) is 3. The quantitative estimate of drug-likeness (QED) is 0.700. The molecule has 26 heavy (non-hydrogen) atoms. The fraction of sp³-hybridized carbons (Fsp3) is 0.263. The van der Waals surface area contributed by atoms with Gasteiger partial charge in [0, 0.05) is 30.9 Å². The Morgan fingerprint density at radius 2 is 2.00 bits per heavy atom. The summed E-state index contributed by atoms with van der Waals surface area (Å²) in [5, 5.41) is 10.8. The summed E-state index contributed by atoms with van der Waals surface area (Å²) >= 11 is 0. The number of anilines is 1. The average Bonchev–Trinajstić information content (AvgIpc) is 3.11. The minimum absolute atomic E-state index is 0.112. The van der Waals surface area contributed by atoms with Crippen LogP contribution in [0, 0.1) is 0 Å². The summed E-state index contributed by atoms with van der Waals surface area (Å²) in [7, 11) is 0. The minimum atomic E-state index is -0.122. The van der Waals surface area contributed by atoms with Crippen molar-refractivity contribution in [2.45, 2.75) is 32.8 Å². The van der Waals surface area contributed by atoms with E-state index in [1.54, 1.807) is 18.5 Å². The summed E-state index contributed by atoms with van der Waals surface area (Å²) < 4.78 is 11.1. The van der Waals surface area contributed by atoms with E-state index in [-0.39, 0.29) is 18.4 Å². The SMILES string of the molecule is CC(C)Oc1ccc(NC(=O)CCc2nnc(-c3cccnc3)o2)cc1. The number of hydrogen-bond donors (Lipinski definition) is 1. The molecule has 0 saturated carbocycles. The molecule has 0 radical (unpaired) electrons. The van der Waals surface area contributed by atoms with Crippen LogP contribution in [-0.2, 0) is 11.2 Å². The molecule has 1 aromatic carbocycles. The number of carbonyl (C=O) groups is 1. The Labute approximate surface area is 151 Å². The molecule has 134 valence electrons. The zero-order valence-corrected chi connectivity index (χ0v) is 14.7. The summed E-state index contributed by atoms with van der Waals surface area (Å²) in [5.74, 6) is 1.46. The molecule has 0 aliphatic heterocycles. The van der Waals surface area contributed by atoms with Crippen molar-refractivity contribution in [3.63, 3.8) is 0 Å². The summed E-state index contributed by atoms with van der Waals surface area (Å²) in [4.78, 5) is 16.1. The first-order valence-corrected chi connectivity index (χ1v) is 8.39. The number of hydrogen-bond acceptors (Lipinski definition) is 6. The van der Waals surface area contributed by atoms with Gasteiger partial charge in [-0.25, -0.2) is 0 Å². The first-order valence-electron chi connectivity index (χ1n) is 8.39. The third-order valence-electron chi connectivity index (χ3n) is 3.45. The molecule has 7 nitrogen and oxygen atoms in total. The number of carbonyl (C=O) groups excluding carboxylic acids is 1. The fourth-order valence-corrected chi connectivity index (χ4v) is 2.29. The molecule has 3 aromatic rings. The highest BCUT2D eigenvalue weighted by Crippen LogP contribution is 2.18. The van der Waals surface area contributed by atoms with E-state index < -0.39 is 0 Å². The van der Waals surface area contributed by atoms with E-state index in [0.29, 0.717) is 23.9 Å². The van der Waals surface area contributed by atoms with Crippen molar-refractivity contribution in [2.24, 2.45) is 0 Å². The van der Waals surface area contributed by atoms with Gasteiger partial charge in [0.05, 0.1) is 11.7 Å². The molecular weight excluding hydrogens is 332 g/mol. The second-order valence-electron chi connectivity index (χ2n) is 5.98. The lowest BCUT2D eigenvalue weighted by Gasteiger charge is -2.10. The summed E-state index contributed by atoms with van der Waals surface area (Å²) in [6.07, 6.45) is 4.05. The highest BCUT2D eigenvalue weighted by molar-refractivity contribution is 5.90. The van der Waals surface area contributed by atoms with E-state index in [1.807, 2.05) is 44.2 Å². The maximum atomic E-state index is 12.1. The number of benzene rings is 1. The van der Waals surface area contributed by atoms with Gasteiger partial charge in [-0.05, 0) is 50.2 Å². The van der Waals surface area contributed by atoms with Crippen LogP contribution in [0.4, 0.5) is 5.69 Å². The molecule has 0 fully saturated rings. The minimum Gasteiger partial charge on any atom is -0.491 e. The van der Waals surface area contributed by atoms with Gasteiger partial charge in [0.2, 0.25) is 17.7 Å². The van der Waals surface area contributed by atoms with Gasteiger partial charge in [-0.2, -0.15) is 0 Å². The van der Waals surface area contributed by atoms with E-state index in [0.717, 1.165) is 11.3 Å². The smallest absolute Gasteiger partial charge is 0.249 e. The van der Waals surface area contributed by atoms with Gasteiger partial charge in [-0.1, -0.05) is 0 Å². The number of nitrogens with one attached hydrogen (secondary N) is 1. The monoisotopic (exact) mass is 352 g/mol. The van der Waals surface area contributed by atoms with Crippen LogP contribution in [0.25, 0.3) is 11.5 Å². The second kappa shape index (κ2) is 8.24. The maximum Gasteiger partial charge on any atom is 0.249 e. The van der Waals surface area contributed by atoms with E-state index >= 15 is 0 Å². The molecular formula is C19H20N4O3. The predicted octanol–water partition coefficient (Wildman–Crippen LogP) is 3.49. The van der Waals surface area contributed by atoms with Crippen LogP contribution >= 0.6 is 0 Å². The maximum absolute atomic E-state index is 12.1. The molecule has 0 atom stereocenters. The summed E-state index contributed by atoms with van der Waals surface area (Å²) in [5.41, 5.74) is 1.46. The number of aryl methyl sites for hydroxylation is 1. The van der Waals surface area contributed by atoms with Gasteiger partial charge < -0.3 is 14.5 Å². The van der Waals surface area contributed by atoms with Crippen molar-refractivity contribution in [3.05, 3.63) is 54.7 Å². The lowest BCUT2D eigenvalue weighted by Crippen LogP contribution is -2.12. The Bertz CT molecular complexity index is 845. The first-order chi connectivity index (χ1) is 12.6. The molecule has 1 amide bonds. The number of pyridine rings is 1. The third-order valence-corrected chi connectivity index (χ3v) is 3.45. The van der Waals surface area contributed by atoms with Gasteiger partial charge >= 0.3 is 0 Å². The zero-order valence-electron chi connectivity index (χ0n) is 14.7. The number of amides is 1. The molecule has 0 spiro atoms. The van der Waals surface area contributed by atoms with Crippen LogP contribution in [0.3, 0.4) is 0 Å². The molecule has 0 aliphatic carbocycles. The summed E-state index contributed by atoms with van der Waals surface area (Å²) in [6.45, 7) is 3.93. The number of aromatic nitrogens is 3. The van der Waals surface area contributed by atoms with Crippen molar-refractivity contribution in [1.82, 2.24) is 15.2 Å². The van der Waals surface area contributed by atoms with Crippen molar-refractivity contribution < 1.29 is 13.9 Å². The normalized spacial score (nSPS) is 10.7. The molecule has 7 heteroatoms. The Morgan fingerprint density at radius 1 is 1.19 bits per heavy atom. The topological polar surface area (TPSA) is 90.1 Å². The number of ether oxygens (including phenoxy) is 1. The van der Waals surface area contributed by atoms with E-state index in [4.69, 9.17) is 9.15 Å². The highest BCUT2D eigenvalue weighted by Gasteiger charge is 2.11. The molecule has 2 aromatic heterocycles. The molecule has 1 N–H and O–H groups in total. The second-order valence-corrected chi connectivity index (χ2v) is 5.98. The first kappa shape index (κ1) is 17.6. The molecule has 3 rings (SSSR count).